The van der Waals surface area contributed by atoms with E-state index < -0.39 is 0 Å². The first kappa shape index (κ1) is 46.3. The van der Waals surface area contributed by atoms with Crippen LogP contribution in [0.3, 0.4) is 0 Å². The minimum absolute atomic E-state index is 0.0804. The van der Waals surface area contributed by atoms with Crippen LogP contribution < -0.4 is 0 Å². The zero-order valence-corrected chi connectivity index (χ0v) is 33.1. The molecule has 0 bridgehead atoms. The molecule has 0 amide bonds. The molecule has 0 aliphatic rings. The fourth-order valence-electron chi connectivity index (χ4n) is 6.45. The number of thioether (sulfide) groups is 1. The molecule has 0 saturated carbocycles. The first-order valence-electron chi connectivity index (χ1n) is 21.0. The molecular weight excluding hydrogens is 601 g/mol. The summed E-state index contributed by atoms with van der Waals surface area (Å²) >= 11 is 1.67. The van der Waals surface area contributed by atoms with Crippen LogP contribution in [0.25, 0.3) is 0 Å². The molecule has 47 heavy (non-hydrogen) atoms. The van der Waals surface area contributed by atoms with Crippen LogP contribution in [0, 0.1) is 11.8 Å². The number of carbonyl (C=O) groups is 2. The summed E-state index contributed by atoms with van der Waals surface area (Å²) < 4.78 is 11.5. The zero-order valence-electron chi connectivity index (χ0n) is 32.2. The molecule has 0 saturated heterocycles. The lowest BCUT2D eigenvalue weighted by Crippen LogP contribution is -2.16. The molecule has 0 aromatic heterocycles. The van der Waals surface area contributed by atoms with Crippen LogP contribution in [0.2, 0.25) is 0 Å². The Morgan fingerprint density at radius 1 is 0.404 bits per heavy atom. The van der Waals surface area contributed by atoms with Crippen molar-refractivity contribution >= 4 is 23.7 Å². The van der Waals surface area contributed by atoms with Crippen molar-refractivity contribution in [1.82, 2.24) is 0 Å². The van der Waals surface area contributed by atoms with Gasteiger partial charge in [-0.05, 0) is 37.5 Å². The maximum Gasteiger partial charge on any atom is 0.306 e. The monoisotopic (exact) mass is 683 g/mol. The maximum absolute atomic E-state index is 12.5. The Morgan fingerprint density at radius 2 is 0.660 bits per heavy atom. The summed E-state index contributed by atoms with van der Waals surface area (Å²) in [6.45, 7) is 10.2. The number of ether oxygens (including phenoxy) is 2. The van der Waals surface area contributed by atoms with Crippen LogP contribution in [-0.4, -0.2) is 36.7 Å². The molecule has 0 atom stereocenters. The fraction of sp³-hybridized carbons (Fsp3) is 0.952. The van der Waals surface area contributed by atoms with E-state index in [1.165, 1.54) is 180 Å². The van der Waals surface area contributed by atoms with Gasteiger partial charge in [-0.15, -0.1) is 0 Å². The Balaban J connectivity index is 4.27. The van der Waals surface area contributed by atoms with Crippen molar-refractivity contribution in [3.05, 3.63) is 0 Å². The molecular formula is C42H82O4S. The number of rotatable bonds is 38. The molecule has 0 heterocycles. The summed E-state index contributed by atoms with van der Waals surface area (Å²) in [5, 5.41) is 0. The summed E-state index contributed by atoms with van der Waals surface area (Å²) in [5.74, 6) is 2.27. The van der Waals surface area contributed by atoms with Gasteiger partial charge in [-0.3, -0.25) is 9.59 Å². The van der Waals surface area contributed by atoms with Gasteiger partial charge in [0.25, 0.3) is 0 Å². The number of unbranched alkanes of at least 4 members (excludes halogenated alkanes) is 20. The highest BCUT2D eigenvalue weighted by Gasteiger charge is 2.14. The molecule has 0 aromatic carbocycles. The van der Waals surface area contributed by atoms with E-state index in [0.717, 1.165) is 0 Å². The van der Waals surface area contributed by atoms with Crippen molar-refractivity contribution in [3.8, 4) is 0 Å². The van der Waals surface area contributed by atoms with Gasteiger partial charge in [0.05, 0.1) is 26.1 Å². The quantitative estimate of drug-likeness (QED) is 0.0479. The highest BCUT2D eigenvalue weighted by atomic mass is 32.2. The van der Waals surface area contributed by atoms with Crippen LogP contribution in [0.15, 0.2) is 0 Å². The fourth-order valence-corrected chi connectivity index (χ4v) is 7.28. The van der Waals surface area contributed by atoms with Gasteiger partial charge in [0.15, 0.2) is 0 Å². The third kappa shape index (κ3) is 34.9. The average Bonchev–Trinajstić information content (AvgIpc) is 3.07. The Kier molecular flexibility index (Phi) is 37.5. The lowest BCUT2D eigenvalue weighted by Gasteiger charge is -2.17. The normalized spacial score (nSPS) is 11.5. The van der Waals surface area contributed by atoms with Crippen molar-refractivity contribution in [1.29, 1.82) is 0 Å². The van der Waals surface area contributed by atoms with Gasteiger partial charge < -0.3 is 9.47 Å². The average molecular weight is 683 g/mol. The number of hydrogen-bond donors (Lipinski definition) is 0. The van der Waals surface area contributed by atoms with Crippen molar-refractivity contribution in [3.63, 3.8) is 0 Å². The first-order valence-corrected chi connectivity index (χ1v) is 22.1. The Bertz CT molecular complexity index is 569. The summed E-state index contributed by atoms with van der Waals surface area (Å²) in [4.78, 5) is 25.0. The number of esters is 2. The van der Waals surface area contributed by atoms with Crippen LogP contribution in [0.4, 0.5) is 0 Å². The standard InChI is InChI=1S/C42H82O4S/c1-5-9-13-17-21-25-29-39(30-26-22-18-14-10-6-2)37-45-41(43)33-35-47-36-34-42(44)46-38-40(31-27-23-19-15-11-7-3)32-28-24-20-16-12-8-4/h39-40H,5-38H2,1-4H3. The topological polar surface area (TPSA) is 52.6 Å². The van der Waals surface area contributed by atoms with Crippen LogP contribution >= 0.6 is 11.8 Å². The van der Waals surface area contributed by atoms with E-state index in [2.05, 4.69) is 27.7 Å². The molecule has 0 N–H and O–H groups in total. The van der Waals surface area contributed by atoms with E-state index in [4.69, 9.17) is 9.47 Å². The smallest absolute Gasteiger partial charge is 0.306 e. The van der Waals surface area contributed by atoms with Gasteiger partial charge in [0.1, 0.15) is 0 Å². The second-order valence-electron chi connectivity index (χ2n) is 14.4. The largest absolute Gasteiger partial charge is 0.465 e. The van der Waals surface area contributed by atoms with Crippen LogP contribution in [0.5, 0.6) is 0 Å². The van der Waals surface area contributed by atoms with Crippen molar-refractivity contribution < 1.29 is 19.1 Å². The number of carbonyl (C=O) groups excluding carboxylic acids is 2. The first-order chi connectivity index (χ1) is 23.1. The molecule has 0 aromatic rings. The molecule has 0 aliphatic heterocycles. The van der Waals surface area contributed by atoms with Crippen molar-refractivity contribution in [2.75, 3.05) is 24.7 Å². The Hall–Kier alpha value is -0.710. The highest BCUT2D eigenvalue weighted by molar-refractivity contribution is 7.99. The molecule has 0 aliphatic carbocycles. The molecule has 5 heteroatoms. The van der Waals surface area contributed by atoms with Crippen molar-refractivity contribution in [2.45, 2.75) is 220 Å². The Labute approximate surface area is 298 Å². The second-order valence-corrected chi connectivity index (χ2v) is 15.7. The zero-order chi connectivity index (χ0) is 34.5. The lowest BCUT2D eigenvalue weighted by atomic mass is 9.95. The highest BCUT2D eigenvalue weighted by Crippen LogP contribution is 2.22. The van der Waals surface area contributed by atoms with Crippen LogP contribution in [0.1, 0.15) is 220 Å². The predicted molar refractivity (Wildman–Crippen MR) is 207 cm³/mol. The molecule has 0 fully saturated rings. The van der Waals surface area contributed by atoms with E-state index in [0.29, 0.717) is 49.4 Å². The summed E-state index contributed by atoms with van der Waals surface area (Å²) in [6.07, 6.45) is 37.1. The number of hydrogen-bond acceptors (Lipinski definition) is 5. The van der Waals surface area contributed by atoms with Gasteiger partial charge >= 0.3 is 11.9 Å². The summed E-state index contributed by atoms with van der Waals surface area (Å²) in [7, 11) is 0. The SMILES string of the molecule is CCCCCCCCC(CCCCCCCC)COC(=O)CCSCCC(=O)OCC(CCCCCCCC)CCCCCCCC. The summed E-state index contributed by atoms with van der Waals surface area (Å²) in [6, 6.07) is 0. The van der Waals surface area contributed by atoms with Gasteiger partial charge in [0.2, 0.25) is 0 Å². The third-order valence-electron chi connectivity index (χ3n) is 9.72. The van der Waals surface area contributed by atoms with E-state index in [1.54, 1.807) is 11.8 Å². The maximum atomic E-state index is 12.5. The van der Waals surface area contributed by atoms with E-state index in [9.17, 15) is 9.59 Å². The lowest BCUT2D eigenvalue weighted by molar-refractivity contribution is -0.145. The van der Waals surface area contributed by atoms with Gasteiger partial charge in [0, 0.05) is 11.5 Å². The van der Waals surface area contributed by atoms with Gasteiger partial charge in [-0.2, -0.15) is 11.8 Å². The van der Waals surface area contributed by atoms with Crippen LogP contribution in [-0.2, 0) is 19.1 Å². The predicted octanol–water partition coefficient (Wildman–Crippen LogP) is 13.8. The van der Waals surface area contributed by atoms with Gasteiger partial charge in [-0.25, -0.2) is 0 Å². The van der Waals surface area contributed by atoms with E-state index in [-0.39, 0.29) is 11.9 Å². The van der Waals surface area contributed by atoms with E-state index in [1.807, 2.05) is 0 Å². The minimum atomic E-state index is -0.0804. The van der Waals surface area contributed by atoms with E-state index >= 15 is 0 Å². The van der Waals surface area contributed by atoms with Gasteiger partial charge in [-0.1, -0.05) is 182 Å². The second kappa shape index (κ2) is 38.1. The van der Waals surface area contributed by atoms with Crippen molar-refractivity contribution in [2.24, 2.45) is 11.8 Å². The summed E-state index contributed by atoms with van der Waals surface area (Å²) in [5.41, 5.74) is 0. The Morgan fingerprint density at radius 3 is 0.936 bits per heavy atom. The molecule has 0 rings (SSSR count). The molecule has 0 radical (unpaired) electrons. The molecule has 0 unspecified atom stereocenters. The molecule has 280 valence electrons. The molecule has 0 spiro atoms. The minimum Gasteiger partial charge on any atom is -0.465 e. The third-order valence-corrected chi connectivity index (χ3v) is 10.7. The molecule has 4 nitrogen and oxygen atoms in total.